The number of fused-ring (bicyclic) bond motifs is 1. The summed E-state index contributed by atoms with van der Waals surface area (Å²) in [5.41, 5.74) is 2.45. The van der Waals surface area contributed by atoms with Gasteiger partial charge in [-0.1, -0.05) is 37.6 Å². The maximum atomic E-state index is 12.5. The van der Waals surface area contributed by atoms with Crippen LogP contribution in [-0.2, 0) is 14.8 Å². The highest BCUT2D eigenvalue weighted by Gasteiger charge is 2.24. The number of thioether (sulfide) groups is 1. The fourth-order valence-corrected chi connectivity index (χ4v) is 5.69. The molecular weight excluding hydrogens is 480 g/mol. The Morgan fingerprint density at radius 1 is 1.21 bits per heavy atom. The van der Waals surface area contributed by atoms with E-state index in [-0.39, 0.29) is 17.6 Å². The van der Waals surface area contributed by atoms with E-state index in [1.54, 1.807) is 24.4 Å². The summed E-state index contributed by atoms with van der Waals surface area (Å²) in [4.78, 5) is 21.7. The number of anilines is 1. The van der Waals surface area contributed by atoms with Gasteiger partial charge in [-0.05, 0) is 65.7 Å². The van der Waals surface area contributed by atoms with Gasteiger partial charge in [-0.15, -0.1) is 0 Å². The lowest BCUT2D eigenvalue weighted by molar-refractivity contribution is -0.115. The first-order valence-corrected chi connectivity index (χ1v) is 13.0. The van der Waals surface area contributed by atoms with Crippen LogP contribution in [0.25, 0.3) is 17.0 Å². The molecule has 0 bridgehead atoms. The molecule has 0 aliphatic carbocycles. The molecule has 4 rings (SSSR count). The number of sulfonamides is 1. The maximum absolute atomic E-state index is 12.5. The van der Waals surface area contributed by atoms with E-state index in [0.717, 1.165) is 16.5 Å². The molecule has 1 aromatic heterocycles. The first kappa shape index (κ1) is 23.3. The lowest BCUT2D eigenvalue weighted by Gasteiger charge is -2.11. The lowest BCUT2D eigenvalue weighted by Crippen LogP contribution is -2.20. The molecule has 2 heterocycles. The summed E-state index contributed by atoms with van der Waals surface area (Å²) in [5, 5.41) is 4.40. The minimum absolute atomic E-state index is 0.00434. The molecule has 7 nitrogen and oxygen atoms in total. The van der Waals surface area contributed by atoms with Crippen molar-refractivity contribution < 1.29 is 13.2 Å². The predicted molar refractivity (Wildman–Crippen MR) is 136 cm³/mol. The zero-order valence-electron chi connectivity index (χ0n) is 17.9. The number of aromatic nitrogens is 1. The smallest absolute Gasteiger partial charge is 0.264 e. The summed E-state index contributed by atoms with van der Waals surface area (Å²) in [6, 6.07) is 14.3. The number of aliphatic imine (C=N–C) groups is 1. The second-order valence-corrected chi connectivity index (χ2v) is 11.1. The molecule has 0 radical (unpaired) electrons. The van der Waals surface area contributed by atoms with Gasteiger partial charge in [0.25, 0.3) is 5.91 Å². The van der Waals surface area contributed by atoms with Crippen molar-refractivity contribution in [1.29, 1.82) is 0 Å². The monoisotopic (exact) mass is 500 g/mol. The molecule has 1 amide bonds. The summed E-state index contributed by atoms with van der Waals surface area (Å²) in [6.07, 6.45) is 3.52. The molecule has 3 aromatic rings. The minimum Gasteiger partial charge on any atom is -0.300 e. The molecule has 0 spiro atoms. The van der Waals surface area contributed by atoms with E-state index in [1.807, 2.05) is 44.2 Å². The van der Waals surface area contributed by atoms with Gasteiger partial charge in [-0.25, -0.2) is 13.4 Å². The molecule has 0 atom stereocenters. The SMILES string of the molecule is CC(C)CS(=O)(=O)Nc1ccc(Cl)c(N=C2NC(=O)C(=Cc3ccc4ncccc4c3)S2)c1. The molecule has 0 saturated carbocycles. The maximum Gasteiger partial charge on any atom is 0.264 e. The second kappa shape index (κ2) is 9.54. The number of amidine groups is 1. The Kier molecular flexibility index (Phi) is 6.73. The number of carbonyl (C=O) groups is 1. The Bertz CT molecular complexity index is 1400. The van der Waals surface area contributed by atoms with Gasteiger partial charge in [0.05, 0.1) is 32.6 Å². The average Bonchev–Trinajstić information content (AvgIpc) is 3.08. The van der Waals surface area contributed by atoms with Crippen molar-refractivity contribution in [2.45, 2.75) is 13.8 Å². The van der Waals surface area contributed by atoms with Gasteiger partial charge in [0, 0.05) is 11.6 Å². The van der Waals surface area contributed by atoms with E-state index >= 15 is 0 Å². The van der Waals surface area contributed by atoms with Crippen molar-refractivity contribution >= 4 is 72.8 Å². The molecule has 10 heteroatoms. The van der Waals surface area contributed by atoms with Crippen molar-refractivity contribution in [3.8, 4) is 0 Å². The molecule has 170 valence electrons. The second-order valence-electron chi connectivity index (χ2n) is 7.88. The first-order valence-electron chi connectivity index (χ1n) is 10.1. The van der Waals surface area contributed by atoms with Gasteiger partial charge in [0.15, 0.2) is 5.17 Å². The zero-order chi connectivity index (χ0) is 23.6. The number of amides is 1. The summed E-state index contributed by atoms with van der Waals surface area (Å²) >= 11 is 7.45. The Morgan fingerprint density at radius 3 is 2.82 bits per heavy atom. The third kappa shape index (κ3) is 5.93. The topological polar surface area (TPSA) is 101 Å². The molecular formula is C23H21ClN4O3S2. The van der Waals surface area contributed by atoms with Crippen LogP contribution in [0.2, 0.25) is 5.02 Å². The lowest BCUT2D eigenvalue weighted by atomic mass is 10.1. The number of halogens is 1. The van der Waals surface area contributed by atoms with E-state index in [0.29, 0.717) is 26.5 Å². The number of hydrogen-bond donors (Lipinski definition) is 2. The van der Waals surface area contributed by atoms with E-state index in [4.69, 9.17) is 11.6 Å². The average molecular weight is 501 g/mol. The summed E-state index contributed by atoms with van der Waals surface area (Å²) in [7, 11) is -3.49. The predicted octanol–water partition coefficient (Wildman–Crippen LogP) is 5.18. The summed E-state index contributed by atoms with van der Waals surface area (Å²) in [6.45, 7) is 3.66. The number of rotatable bonds is 6. The number of nitrogens with one attached hydrogen (secondary N) is 2. The van der Waals surface area contributed by atoms with E-state index in [1.165, 1.54) is 17.8 Å². The Labute approximate surface area is 201 Å². The molecule has 2 N–H and O–H groups in total. The van der Waals surface area contributed by atoms with E-state index < -0.39 is 10.0 Å². The minimum atomic E-state index is -3.49. The molecule has 1 saturated heterocycles. The fraction of sp³-hybridized carbons (Fsp3) is 0.174. The zero-order valence-corrected chi connectivity index (χ0v) is 20.3. The molecule has 2 aromatic carbocycles. The van der Waals surface area contributed by atoms with Crippen molar-refractivity contribution in [3.05, 3.63) is 70.2 Å². The third-order valence-corrected chi connectivity index (χ3v) is 7.45. The Hall–Kier alpha value is -2.88. The number of benzene rings is 2. The fourth-order valence-electron chi connectivity index (χ4n) is 3.25. The molecule has 1 aliphatic rings. The van der Waals surface area contributed by atoms with Crippen LogP contribution < -0.4 is 10.0 Å². The van der Waals surface area contributed by atoms with Crippen LogP contribution in [0.3, 0.4) is 0 Å². The first-order chi connectivity index (χ1) is 15.7. The summed E-state index contributed by atoms with van der Waals surface area (Å²) in [5.74, 6) is -0.275. The molecule has 33 heavy (non-hydrogen) atoms. The quantitative estimate of drug-likeness (QED) is 0.454. The normalized spacial score (nSPS) is 16.7. The highest BCUT2D eigenvalue weighted by molar-refractivity contribution is 8.18. The number of pyridine rings is 1. The molecule has 1 fully saturated rings. The van der Waals surface area contributed by atoms with E-state index in [2.05, 4.69) is 20.0 Å². The van der Waals surface area contributed by atoms with Crippen LogP contribution in [-0.4, -0.2) is 30.2 Å². The third-order valence-electron chi connectivity index (χ3n) is 4.57. The standard InChI is InChI=1S/C23H21ClN4O3S2/c1-14(2)13-33(30,31)28-17-6-7-18(24)20(12-17)26-23-27-22(29)21(32-23)11-15-5-8-19-16(10-15)4-3-9-25-19/h3-12,14,28H,13H2,1-2H3,(H,26,27,29). The Morgan fingerprint density at radius 2 is 2.03 bits per heavy atom. The molecule has 0 unspecified atom stereocenters. The number of hydrogen-bond acceptors (Lipinski definition) is 6. The van der Waals surface area contributed by atoms with Crippen molar-refractivity contribution in [1.82, 2.24) is 10.3 Å². The van der Waals surface area contributed by atoms with Crippen molar-refractivity contribution in [3.63, 3.8) is 0 Å². The van der Waals surface area contributed by atoms with Gasteiger partial charge in [-0.3, -0.25) is 14.5 Å². The van der Waals surface area contributed by atoms with Crippen molar-refractivity contribution in [2.24, 2.45) is 10.9 Å². The van der Waals surface area contributed by atoms with Gasteiger partial charge >= 0.3 is 0 Å². The number of nitrogens with zero attached hydrogens (tertiary/aromatic N) is 2. The van der Waals surface area contributed by atoms with Crippen molar-refractivity contribution in [2.75, 3.05) is 10.5 Å². The van der Waals surface area contributed by atoms with Gasteiger partial charge in [0.1, 0.15) is 0 Å². The van der Waals surface area contributed by atoms with E-state index in [9.17, 15) is 13.2 Å². The van der Waals surface area contributed by atoms with Crippen LogP contribution in [0.1, 0.15) is 19.4 Å². The number of carbonyl (C=O) groups excluding carboxylic acids is 1. The van der Waals surface area contributed by atoms with Crippen LogP contribution in [0.15, 0.2) is 64.6 Å². The van der Waals surface area contributed by atoms with Crippen LogP contribution in [0, 0.1) is 5.92 Å². The molecule has 1 aliphatic heterocycles. The van der Waals surface area contributed by atoms with Gasteiger partial charge in [-0.2, -0.15) is 0 Å². The largest absolute Gasteiger partial charge is 0.300 e. The van der Waals surface area contributed by atoms with Gasteiger partial charge in [0.2, 0.25) is 10.0 Å². The highest BCUT2D eigenvalue weighted by Crippen LogP contribution is 2.33. The summed E-state index contributed by atoms with van der Waals surface area (Å²) < 4.78 is 27.0. The Balaban J connectivity index is 1.56. The highest BCUT2D eigenvalue weighted by atomic mass is 35.5. The van der Waals surface area contributed by atoms with Crippen LogP contribution >= 0.6 is 23.4 Å². The van der Waals surface area contributed by atoms with Crippen LogP contribution in [0.5, 0.6) is 0 Å². The van der Waals surface area contributed by atoms with Crippen LogP contribution in [0.4, 0.5) is 11.4 Å². The van der Waals surface area contributed by atoms with Gasteiger partial charge < -0.3 is 5.32 Å².